The van der Waals surface area contributed by atoms with E-state index in [1.165, 1.54) is 29.0 Å². The van der Waals surface area contributed by atoms with E-state index in [9.17, 15) is 22.5 Å². The van der Waals surface area contributed by atoms with Gasteiger partial charge in [-0.25, -0.2) is 21.5 Å². The van der Waals surface area contributed by atoms with Gasteiger partial charge in [0.1, 0.15) is 17.6 Å². The lowest BCUT2D eigenvalue weighted by molar-refractivity contribution is 0.115. The molecule has 1 spiro atoms. The van der Waals surface area contributed by atoms with Crippen molar-refractivity contribution in [2.75, 3.05) is 37.3 Å². The number of rotatable bonds is 5. The van der Waals surface area contributed by atoms with E-state index in [2.05, 4.69) is 16.0 Å². The molecule has 2 aliphatic rings. The Morgan fingerprint density at radius 1 is 0.972 bits per heavy atom. The monoisotopic (exact) mass is 510 g/mol. The van der Waals surface area contributed by atoms with Gasteiger partial charge >= 0.3 is 0 Å². The standard InChI is InChI=1S/C26H24F2N4O3S/c1-36(33,34)32-8-6-26(7-9-32)16-31(17-26)25-5-3-21(10-19(25)13-29)35-22-11-20(14-30-15-22)18-2-4-23(27)24(28)12-18/h2-5,10-12,14-15H,6-9,16-17H2,1H3. The summed E-state index contributed by atoms with van der Waals surface area (Å²) in [4.78, 5) is 6.28. The minimum Gasteiger partial charge on any atom is -0.456 e. The van der Waals surface area contributed by atoms with E-state index in [1.54, 1.807) is 18.2 Å². The molecule has 0 atom stereocenters. The molecule has 3 aromatic rings. The molecule has 186 valence electrons. The molecule has 1 aromatic heterocycles. The van der Waals surface area contributed by atoms with Gasteiger partial charge in [-0.2, -0.15) is 5.26 Å². The lowest BCUT2D eigenvalue weighted by Crippen LogP contribution is -2.61. The van der Waals surface area contributed by atoms with Crippen LogP contribution in [-0.4, -0.2) is 50.1 Å². The van der Waals surface area contributed by atoms with E-state index in [4.69, 9.17) is 4.74 Å². The Kier molecular flexibility index (Phi) is 6.14. The molecule has 36 heavy (non-hydrogen) atoms. The highest BCUT2D eigenvalue weighted by molar-refractivity contribution is 7.88. The van der Waals surface area contributed by atoms with E-state index in [0.29, 0.717) is 41.3 Å². The van der Waals surface area contributed by atoms with Crippen molar-refractivity contribution in [1.82, 2.24) is 9.29 Å². The van der Waals surface area contributed by atoms with Crippen LogP contribution in [0.1, 0.15) is 18.4 Å². The second-order valence-electron chi connectivity index (χ2n) is 9.45. The fraction of sp³-hybridized carbons (Fsp3) is 0.308. The zero-order valence-electron chi connectivity index (χ0n) is 19.6. The smallest absolute Gasteiger partial charge is 0.211 e. The normalized spacial score (nSPS) is 17.4. The van der Waals surface area contributed by atoms with Crippen LogP contribution in [0.15, 0.2) is 54.9 Å². The van der Waals surface area contributed by atoms with Gasteiger partial charge in [0, 0.05) is 49.4 Å². The number of nitrogens with zero attached hydrogens (tertiary/aromatic N) is 4. The van der Waals surface area contributed by atoms with E-state index in [1.807, 2.05) is 6.07 Å². The number of halogens is 2. The largest absolute Gasteiger partial charge is 0.456 e. The molecule has 3 heterocycles. The highest BCUT2D eigenvalue weighted by Gasteiger charge is 2.46. The second kappa shape index (κ2) is 9.15. The van der Waals surface area contributed by atoms with Gasteiger partial charge < -0.3 is 9.64 Å². The quantitative estimate of drug-likeness (QED) is 0.501. The van der Waals surface area contributed by atoms with Gasteiger partial charge in [-0.1, -0.05) is 6.07 Å². The molecule has 2 saturated heterocycles. The molecule has 5 rings (SSSR count). The second-order valence-corrected chi connectivity index (χ2v) is 11.4. The minimum absolute atomic E-state index is 0.0784. The van der Waals surface area contributed by atoms with Gasteiger partial charge in [0.2, 0.25) is 10.0 Å². The number of hydrogen-bond donors (Lipinski definition) is 0. The van der Waals surface area contributed by atoms with Crippen LogP contribution >= 0.6 is 0 Å². The Bertz CT molecular complexity index is 1460. The molecular weight excluding hydrogens is 486 g/mol. The SMILES string of the molecule is CS(=O)(=O)N1CCC2(CC1)CN(c1ccc(Oc3cncc(-c4ccc(F)c(F)c4)c3)cc1C#N)C2. The Balaban J connectivity index is 1.28. The number of ether oxygens (including phenoxy) is 1. The number of pyridine rings is 1. The summed E-state index contributed by atoms with van der Waals surface area (Å²) in [6.45, 7) is 2.61. The summed E-state index contributed by atoms with van der Waals surface area (Å²) in [5, 5.41) is 9.76. The maximum absolute atomic E-state index is 13.6. The first-order chi connectivity index (χ1) is 17.2. The van der Waals surface area contributed by atoms with Crippen LogP contribution in [0.4, 0.5) is 14.5 Å². The van der Waals surface area contributed by atoms with Crippen LogP contribution in [-0.2, 0) is 10.0 Å². The molecule has 0 bridgehead atoms. The van der Waals surface area contributed by atoms with E-state index < -0.39 is 21.7 Å². The van der Waals surface area contributed by atoms with Gasteiger partial charge in [-0.3, -0.25) is 4.98 Å². The highest BCUT2D eigenvalue weighted by Crippen LogP contribution is 2.44. The zero-order valence-corrected chi connectivity index (χ0v) is 20.4. The summed E-state index contributed by atoms with van der Waals surface area (Å²) in [6.07, 6.45) is 5.90. The lowest BCUT2D eigenvalue weighted by atomic mass is 9.72. The highest BCUT2D eigenvalue weighted by atomic mass is 32.2. The fourth-order valence-electron chi connectivity index (χ4n) is 4.93. The number of nitriles is 1. The molecule has 2 aliphatic heterocycles. The van der Waals surface area contributed by atoms with Gasteiger partial charge in [0.05, 0.1) is 23.7 Å². The molecule has 0 aliphatic carbocycles. The number of hydrogen-bond acceptors (Lipinski definition) is 6. The summed E-state index contributed by atoms with van der Waals surface area (Å²) in [5.74, 6) is -1.01. The Morgan fingerprint density at radius 3 is 2.39 bits per heavy atom. The lowest BCUT2D eigenvalue weighted by Gasteiger charge is -2.54. The summed E-state index contributed by atoms with van der Waals surface area (Å²) in [7, 11) is -3.16. The first-order valence-corrected chi connectivity index (χ1v) is 13.3. The van der Waals surface area contributed by atoms with Crippen molar-refractivity contribution in [1.29, 1.82) is 5.26 Å². The van der Waals surface area contributed by atoms with Crippen LogP contribution < -0.4 is 9.64 Å². The van der Waals surface area contributed by atoms with Crippen LogP contribution in [0.2, 0.25) is 0 Å². The molecule has 2 aromatic carbocycles. The molecule has 0 unspecified atom stereocenters. The third kappa shape index (κ3) is 4.76. The van der Waals surface area contributed by atoms with Crippen molar-refractivity contribution in [2.45, 2.75) is 12.8 Å². The van der Waals surface area contributed by atoms with Crippen molar-refractivity contribution < 1.29 is 21.9 Å². The third-order valence-electron chi connectivity index (χ3n) is 6.94. The molecule has 10 heteroatoms. The Labute approximate surface area is 208 Å². The minimum atomic E-state index is -3.16. The van der Waals surface area contributed by atoms with E-state index >= 15 is 0 Å². The van der Waals surface area contributed by atoms with Crippen LogP contribution in [0.5, 0.6) is 11.5 Å². The van der Waals surface area contributed by atoms with Crippen LogP contribution in [0, 0.1) is 28.4 Å². The van der Waals surface area contributed by atoms with E-state index in [-0.39, 0.29) is 5.41 Å². The number of anilines is 1. The van der Waals surface area contributed by atoms with Crippen molar-refractivity contribution >= 4 is 15.7 Å². The van der Waals surface area contributed by atoms with Crippen molar-refractivity contribution in [3.8, 4) is 28.7 Å². The van der Waals surface area contributed by atoms with Gasteiger partial charge in [-0.15, -0.1) is 0 Å². The Hall–Kier alpha value is -3.55. The molecule has 0 N–H and O–H groups in total. The van der Waals surface area contributed by atoms with Crippen molar-refractivity contribution in [2.24, 2.45) is 5.41 Å². The first-order valence-electron chi connectivity index (χ1n) is 11.5. The van der Waals surface area contributed by atoms with Gasteiger partial charge in [0.25, 0.3) is 0 Å². The van der Waals surface area contributed by atoms with Crippen LogP contribution in [0.25, 0.3) is 11.1 Å². The number of benzene rings is 2. The number of sulfonamides is 1. The maximum Gasteiger partial charge on any atom is 0.211 e. The molecular formula is C26H24F2N4O3S. The zero-order chi connectivity index (χ0) is 25.5. The Morgan fingerprint density at radius 2 is 1.72 bits per heavy atom. The molecule has 0 amide bonds. The predicted octanol–water partition coefficient (Wildman–Crippen LogP) is 4.55. The summed E-state index contributed by atoms with van der Waals surface area (Å²) in [5.41, 5.74) is 2.40. The maximum atomic E-state index is 13.6. The first kappa shape index (κ1) is 24.2. The summed E-state index contributed by atoms with van der Waals surface area (Å²) in [6, 6.07) is 12.8. The number of aromatic nitrogens is 1. The average molecular weight is 511 g/mol. The van der Waals surface area contributed by atoms with Gasteiger partial charge in [-0.05, 0) is 48.7 Å². The molecule has 7 nitrogen and oxygen atoms in total. The molecule has 0 radical (unpaired) electrons. The number of piperidine rings is 1. The summed E-state index contributed by atoms with van der Waals surface area (Å²) < 4.78 is 57.9. The topological polar surface area (TPSA) is 86.5 Å². The van der Waals surface area contributed by atoms with Crippen LogP contribution in [0.3, 0.4) is 0 Å². The predicted molar refractivity (Wildman–Crippen MR) is 131 cm³/mol. The molecule has 0 saturated carbocycles. The van der Waals surface area contributed by atoms with E-state index in [0.717, 1.165) is 43.8 Å². The fourth-order valence-corrected chi connectivity index (χ4v) is 5.78. The summed E-state index contributed by atoms with van der Waals surface area (Å²) >= 11 is 0. The molecule has 2 fully saturated rings. The average Bonchev–Trinajstić information content (AvgIpc) is 2.84. The van der Waals surface area contributed by atoms with Gasteiger partial charge in [0.15, 0.2) is 11.6 Å². The van der Waals surface area contributed by atoms with Crippen molar-refractivity contribution in [3.63, 3.8) is 0 Å². The van der Waals surface area contributed by atoms with Crippen molar-refractivity contribution in [3.05, 3.63) is 72.1 Å². The third-order valence-corrected chi connectivity index (χ3v) is 8.24.